The molecule has 1 rings (SSSR count). The fraction of sp³-hybridized carbons (Fsp3) is 0.667. The van der Waals surface area contributed by atoms with Gasteiger partial charge >= 0.3 is 12.1 Å². The molecule has 1 saturated heterocycles. The summed E-state index contributed by atoms with van der Waals surface area (Å²) in [6, 6.07) is 0. The minimum absolute atomic E-state index is 0.447. The predicted molar refractivity (Wildman–Crippen MR) is 62.3 cm³/mol. The van der Waals surface area contributed by atoms with E-state index in [1.807, 2.05) is 0 Å². The van der Waals surface area contributed by atoms with E-state index in [-0.39, 0.29) is 0 Å². The molecule has 0 aliphatic carbocycles. The largest absolute Gasteiger partial charge is 0.444 e. The van der Waals surface area contributed by atoms with Gasteiger partial charge in [-0.25, -0.2) is 9.59 Å². The van der Waals surface area contributed by atoms with E-state index in [9.17, 15) is 9.59 Å². The highest BCUT2D eigenvalue weighted by atomic mass is 16.6. The van der Waals surface area contributed by atoms with Crippen molar-refractivity contribution < 1.29 is 19.1 Å². The zero-order valence-electron chi connectivity index (χ0n) is 10.6. The molecule has 1 amide bonds. The Bertz CT molecular complexity index is 319. The molecule has 1 aliphatic heterocycles. The second-order valence-electron chi connectivity index (χ2n) is 4.91. The SMILES string of the molecule is C=CC(=O)O[C@H]1CCCN1C(=O)OC(C)(C)C. The van der Waals surface area contributed by atoms with Gasteiger partial charge in [0.2, 0.25) is 0 Å². The first-order valence-corrected chi connectivity index (χ1v) is 5.66. The number of nitrogens with zero attached hydrogens (tertiary/aromatic N) is 1. The molecular formula is C12H19NO4. The Balaban J connectivity index is 2.59. The van der Waals surface area contributed by atoms with Crippen LogP contribution in [0.4, 0.5) is 4.79 Å². The van der Waals surface area contributed by atoms with Gasteiger partial charge in [-0.05, 0) is 27.2 Å². The van der Waals surface area contributed by atoms with Crippen molar-refractivity contribution in [3.8, 4) is 0 Å². The molecule has 0 unspecified atom stereocenters. The fourth-order valence-electron chi connectivity index (χ4n) is 1.57. The van der Waals surface area contributed by atoms with Gasteiger partial charge in [0.1, 0.15) is 5.60 Å². The van der Waals surface area contributed by atoms with Crippen LogP contribution in [0.15, 0.2) is 12.7 Å². The Morgan fingerprint density at radius 1 is 1.41 bits per heavy atom. The molecule has 17 heavy (non-hydrogen) atoms. The maximum atomic E-state index is 11.8. The molecule has 0 radical (unpaired) electrons. The summed E-state index contributed by atoms with van der Waals surface area (Å²) < 4.78 is 10.3. The number of carbonyl (C=O) groups excluding carboxylic acids is 2. The van der Waals surface area contributed by atoms with Gasteiger partial charge < -0.3 is 9.47 Å². The summed E-state index contributed by atoms with van der Waals surface area (Å²) in [5.74, 6) is -0.523. The third-order valence-corrected chi connectivity index (χ3v) is 2.24. The van der Waals surface area contributed by atoms with E-state index in [4.69, 9.17) is 9.47 Å². The normalized spacial score (nSPS) is 19.9. The van der Waals surface area contributed by atoms with E-state index >= 15 is 0 Å². The predicted octanol–water partition coefficient (Wildman–Crippen LogP) is 2.07. The quantitative estimate of drug-likeness (QED) is 0.548. The lowest BCUT2D eigenvalue weighted by Gasteiger charge is -2.27. The van der Waals surface area contributed by atoms with Crippen molar-refractivity contribution in [1.29, 1.82) is 0 Å². The molecule has 0 spiro atoms. The molecular weight excluding hydrogens is 222 g/mol. The van der Waals surface area contributed by atoms with Crippen molar-refractivity contribution in [3.63, 3.8) is 0 Å². The monoisotopic (exact) mass is 241 g/mol. The lowest BCUT2D eigenvalue weighted by molar-refractivity contribution is -0.149. The molecule has 96 valence electrons. The molecule has 0 bridgehead atoms. The van der Waals surface area contributed by atoms with Crippen molar-refractivity contribution in [1.82, 2.24) is 4.90 Å². The second-order valence-corrected chi connectivity index (χ2v) is 4.91. The molecule has 0 aromatic carbocycles. The molecule has 5 nitrogen and oxygen atoms in total. The molecule has 5 heteroatoms. The fourth-order valence-corrected chi connectivity index (χ4v) is 1.57. The van der Waals surface area contributed by atoms with Crippen molar-refractivity contribution in [2.45, 2.75) is 45.4 Å². The van der Waals surface area contributed by atoms with Crippen LogP contribution in [0, 0.1) is 0 Å². The third-order valence-electron chi connectivity index (χ3n) is 2.24. The average Bonchev–Trinajstić information content (AvgIpc) is 2.63. The highest BCUT2D eigenvalue weighted by molar-refractivity contribution is 5.81. The molecule has 0 aromatic rings. The molecule has 0 aromatic heterocycles. The Kier molecular flexibility index (Phi) is 4.15. The summed E-state index contributed by atoms with van der Waals surface area (Å²) >= 11 is 0. The molecule has 1 fully saturated rings. The first-order valence-electron chi connectivity index (χ1n) is 5.66. The summed E-state index contributed by atoms with van der Waals surface area (Å²) in [6.07, 6.45) is 1.55. The van der Waals surface area contributed by atoms with E-state index in [0.717, 1.165) is 12.5 Å². The Labute approximate surface area is 101 Å². The lowest BCUT2D eigenvalue weighted by Crippen LogP contribution is -2.41. The highest BCUT2D eigenvalue weighted by Crippen LogP contribution is 2.21. The Hall–Kier alpha value is -1.52. The standard InChI is InChI=1S/C12H19NO4/c1-5-10(14)16-9-7-6-8-13(9)11(15)17-12(2,3)4/h5,9H,1,6-8H2,2-4H3/t9-/m0/s1. The van der Waals surface area contributed by atoms with Gasteiger partial charge in [0.05, 0.1) is 0 Å². The summed E-state index contributed by atoms with van der Waals surface area (Å²) in [5.41, 5.74) is -0.549. The van der Waals surface area contributed by atoms with Crippen LogP contribution in [-0.2, 0) is 14.3 Å². The topological polar surface area (TPSA) is 55.8 Å². The number of ether oxygens (including phenoxy) is 2. The van der Waals surface area contributed by atoms with Crippen LogP contribution in [-0.4, -0.2) is 35.3 Å². The number of rotatable bonds is 2. The van der Waals surface area contributed by atoms with Crippen LogP contribution >= 0.6 is 0 Å². The van der Waals surface area contributed by atoms with Crippen molar-refractivity contribution >= 4 is 12.1 Å². The summed E-state index contributed by atoms with van der Waals surface area (Å²) in [4.78, 5) is 24.4. The number of esters is 1. The number of hydrogen-bond acceptors (Lipinski definition) is 4. The van der Waals surface area contributed by atoms with Gasteiger partial charge in [-0.15, -0.1) is 0 Å². The van der Waals surface area contributed by atoms with E-state index < -0.39 is 23.9 Å². The van der Waals surface area contributed by atoms with Gasteiger partial charge in [-0.1, -0.05) is 6.58 Å². The van der Waals surface area contributed by atoms with Crippen molar-refractivity contribution in [3.05, 3.63) is 12.7 Å². The molecule has 0 saturated carbocycles. The maximum Gasteiger partial charge on any atom is 0.413 e. The summed E-state index contributed by atoms with van der Waals surface area (Å²) in [5, 5.41) is 0. The number of carbonyl (C=O) groups is 2. The Morgan fingerprint density at radius 3 is 2.59 bits per heavy atom. The van der Waals surface area contributed by atoms with Crippen LogP contribution in [0.3, 0.4) is 0 Å². The van der Waals surface area contributed by atoms with Crippen molar-refractivity contribution in [2.24, 2.45) is 0 Å². The smallest absolute Gasteiger partial charge is 0.413 e. The van der Waals surface area contributed by atoms with E-state index in [1.54, 1.807) is 20.8 Å². The summed E-state index contributed by atoms with van der Waals surface area (Å²) in [6.45, 7) is 9.26. The first kappa shape index (κ1) is 13.5. The molecule has 1 aliphatic rings. The van der Waals surface area contributed by atoms with Crippen LogP contribution < -0.4 is 0 Å². The van der Waals surface area contributed by atoms with Gasteiger partial charge in [-0.3, -0.25) is 4.90 Å². The minimum Gasteiger partial charge on any atom is -0.444 e. The first-order chi connectivity index (χ1) is 7.83. The van der Waals surface area contributed by atoms with Crippen LogP contribution in [0.1, 0.15) is 33.6 Å². The van der Waals surface area contributed by atoms with E-state index in [2.05, 4.69) is 6.58 Å². The number of hydrogen-bond donors (Lipinski definition) is 0. The van der Waals surface area contributed by atoms with Crippen molar-refractivity contribution in [2.75, 3.05) is 6.54 Å². The van der Waals surface area contributed by atoms with Gasteiger partial charge in [-0.2, -0.15) is 0 Å². The lowest BCUT2D eigenvalue weighted by atomic mass is 10.2. The van der Waals surface area contributed by atoms with Crippen LogP contribution in [0.5, 0.6) is 0 Å². The number of amides is 1. The average molecular weight is 241 g/mol. The number of likely N-dealkylation sites (tertiary alicyclic amines) is 1. The molecule has 1 atom stereocenters. The molecule has 0 N–H and O–H groups in total. The molecule has 1 heterocycles. The van der Waals surface area contributed by atoms with Crippen LogP contribution in [0.25, 0.3) is 0 Å². The van der Waals surface area contributed by atoms with Crippen LogP contribution in [0.2, 0.25) is 0 Å². The second kappa shape index (κ2) is 5.21. The summed E-state index contributed by atoms with van der Waals surface area (Å²) in [7, 11) is 0. The maximum absolute atomic E-state index is 11.8. The zero-order chi connectivity index (χ0) is 13.1. The Morgan fingerprint density at radius 2 is 2.06 bits per heavy atom. The van der Waals surface area contributed by atoms with Gasteiger partial charge in [0.25, 0.3) is 0 Å². The van der Waals surface area contributed by atoms with Gasteiger partial charge in [0, 0.05) is 19.0 Å². The highest BCUT2D eigenvalue weighted by Gasteiger charge is 2.34. The van der Waals surface area contributed by atoms with E-state index in [0.29, 0.717) is 13.0 Å². The zero-order valence-corrected chi connectivity index (χ0v) is 10.6. The minimum atomic E-state index is -0.549. The van der Waals surface area contributed by atoms with E-state index in [1.165, 1.54) is 4.90 Å². The third kappa shape index (κ3) is 4.09. The van der Waals surface area contributed by atoms with Gasteiger partial charge in [0.15, 0.2) is 6.23 Å².